The van der Waals surface area contributed by atoms with Gasteiger partial charge in [0.1, 0.15) is 0 Å². The van der Waals surface area contributed by atoms with Crippen molar-refractivity contribution in [2.24, 2.45) is 0 Å². The lowest BCUT2D eigenvalue weighted by atomic mass is 10.1. The van der Waals surface area contributed by atoms with Gasteiger partial charge in [0.2, 0.25) is 0 Å². The van der Waals surface area contributed by atoms with Gasteiger partial charge in [0, 0.05) is 31.1 Å². The van der Waals surface area contributed by atoms with E-state index in [1.165, 1.54) is 12.8 Å². The number of hydrogen-bond donors (Lipinski definition) is 0. The Bertz CT molecular complexity index is 615. The van der Waals surface area contributed by atoms with Gasteiger partial charge in [0.25, 0.3) is 5.91 Å². The van der Waals surface area contributed by atoms with Crippen molar-refractivity contribution in [3.63, 3.8) is 0 Å². The molecule has 1 aliphatic carbocycles. The summed E-state index contributed by atoms with van der Waals surface area (Å²) in [5.74, 6) is 0.610. The van der Waals surface area contributed by atoms with Gasteiger partial charge in [-0.1, -0.05) is 18.2 Å². The number of pyridine rings is 1. The van der Waals surface area contributed by atoms with E-state index in [4.69, 9.17) is 0 Å². The zero-order chi connectivity index (χ0) is 12.7. The van der Waals surface area contributed by atoms with Gasteiger partial charge in [0.05, 0.1) is 11.1 Å². The molecule has 1 fully saturated rings. The molecule has 0 radical (unpaired) electrons. The molecule has 0 unspecified atom stereocenters. The predicted octanol–water partition coefficient (Wildman–Crippen LogP) is 2.81. The van der Waals surface area contributed by atoms with E-state index in [0.717, 1.165) is 22.2 Å². The maximum Gasteiger partial charge on any atom is 0.254 e. The number of nitrogens with zero attached hydrogens (tertiary/aromatic N) is 2. The summed E-state index contributed by atoms with van der Waals surface area (Å²) < 4.78 is 0. The normalized spacial score (nSPS) is 14.8. The minimum absolute atomic E-state index is 0.0514. The zero-order valence-corrected chi connectivity index (χ0v) is 10.7. The van der Waals surface area contributed by atoms with E-state index < -0.39 is 0 Å². The fourth-order valence-corrected chi connectivity index (χ4v) is 2.20. The number of carbonyl (C=O) groups is 1. The highest BCUT2D eigenvalue weighted by molar-refractivity contribution is 6.06. The van der Waals surface area contributed by atoms with Crippen molar-refractivity contribution in [3.05, 3.63) is 41.6 Å². The van der Waals surface area contributed by atoms with Crippen LogP contribution in [0.25, 0.3) is 10.9 Å². The summed E-state index contributed by atoms with van der Waals surface area (Å²) in [6, 6.07) is 9.84. The lowest BCUT2D eigenvalue weighted by Gasteiger charge is -2.13. The molecule has 92 valence electrons. The Morgan fingerprint density at radius 3 is 2.67 bits per heavy atom. The lowest BCUT2D eigenvalue weighted by Crippen LogP contribution is -2.22. The van der Waals surface area contributed by atoms with Crippen molar-refractivity contribution < 1.29 is 4.79 Å². The average molecular weight is 240 g/mol. The van der Waals surface area contributed by atoms with Crippen LogP contribution in [0.15, 0.2) is 30.3 Å². The molecule has 0 bridgehead atoms. The maximum absolute atomic E-state index is 12.3. The van der Waals surface area contributed by atoms with Crippen LogP contribution >= 0.6 is 0 Å². The van der Waals surface area contributed by atoms with Crippen molar-refractivity contribution in [2.75, 3.05) is 14.1 Å². The van der Waals surface area contributed by atoms with Gasteiger partial charge in [-0.25, -0.2) is 0 Å². The van der Waals surface area contributed by atoms with Crippen molar-refractivity contribution >= 4 is 16.8 Å². The third-order valence-electron chi connectivity index (χ3n) is 3.37. The van der Waals surface area contributed by atoms with Crippen LogP contribution in [-0.2, 0) is 0 Å². The predicted molar refractivity (Wildman–Crippen MR) is 71.7 cm³/mol. The summed E-state index contributed by atoms with van der Waals surface area (Å²) in [6.07, 6.45) is 2.39. The Balaban J connectivity index is 2.22. The Morgan fingerprint density at radius 1 is 1.28 bits per heavy atom. The van der Waals surface area contributed by atoms with Gasteiger partial charge >= 0.3 is 0 Å². The van der Waals surface area contributed by atoms with Gasteiger partial charge in [-0.2, -0.15) is 0 Å². The molecule has 1 aromatic carbocycles. The van der Waals surface area contributed by atoms with Crippen LogP contribution in [0.1, 0.15) is 34.8 Å². The Kier molecular flexibility index (Phi) is 2.54. The van der Waals surface area contributed by atoms with Gasteiger partial charge in [-0.05, 0) is 25.0 Å². The molecule has 0 saturated heterocycles. The largest absolute Gasteiger partial charge is 0.345 e. The van der Waals surface area contributed by atoms with Crippen LogP contribution < -0.4 is 0 Å². The molecule has 3 nitrogen and oxygen atoms in total. The van der Waals surface area contributed by atoms with E-state index in [1.54, 1.807) is 19.0 Å². The zero-order valence-electron chi connectivity index (χ0n) is 10.7. The van der Waals surface area contributed by atoms with Gasteiger partial charge in [-0.3, -0.25) is 9.78 Å². The number of fused-ring (bicyclic) bond motifs is 1. The molecule has 2 aromatic rings. The molecule has 1 aromatic heterocycles. The molecule has 0 spiro atoms. The molecule has 3 heteroatoms. The molecule has 1 amide bonds. The monoisotopic (exact) mass is 240 g/mol. The first kappa shape index (κ1) is 11.2. The number of aromatic nitrogens is 1. The third kappa shape index (κ3) is 1.86. The molecule has 0 aliphatic heterocycles. The fraction of sp³-hybridized carbons (Fsp3) is 0.333. The Hall–Kier alpha value is -1.90. The van der Waals surface area contributed by atoms with Crippen LogP contribution in [0.5, 0.6) is 0 Å². The van der Waals surface area contributed by atoms with Crippen LogP contribution in [0.2, 0.25) is 0 Å². The van der Waals surface area contributed by atoms with Crippen molar-refractivity contribution in [3.8, 4) is 0 Å². The molecule has 3 rings (SSSR count). The summed E-state index contributed by atoms with van der Waals surface area (Å²) in [4.78, 5) is 18.5. The summed E-state index contributed by atoms with van der Waals surface area (Å²) in [6.45, 7) is 0. The summed E-state index contributed by atoms with van der Waals surface area (Å²) in [7, 11) is 3.57. The number of rotatable bonds is 2. The average Bonchev–Trinajstić information content (AvgIpc) is 3.20. The third-order valence-corrected chi connectivity index (χ3v) is 3.37. The number of amides is 1. The molecular formula is C15H16N2O. The first-order valence-corrected chi connectivity index (χ1v) is 6.28. The number of carbonyl (C=O) groups excluding carboxylic acids is 1. The van der Waals surface area contributed by atoms with E-state index in [2.05, 4.69) is 4.98 Å². The molecule has 0 N–H and O–H groups in total. The van der Waals surface area contributed by atoms with Gasteiger partial charge in [0.15, 0.2) is 0 Å². The molecular weight excluding hydrogens is 224 g/mol. The minimum atomic E-state index is 0.0514. The van der Waals surface area contributed by atoms with Crippen LogP contribution in [-0.4, -0.2) is 29.9 Å². The summed E-state index contributed by atoms with van der Waals surface area (Å²) in [5, 5.41) is 0.945. The lowest BCUT2D eigenvalue weighted by molar-refractivity contribution is 0.0829. The number of hydrogen-bond acceptors (Lipinski definition) is 2. The molecule has 1 heterocycles. The second-order valence-electron chi connectivity index (χ2n) is 5.09. The van der Waals surface area contributed by atoms with Crippen molar-refractivity contribution in [1.82, 2.24) is 9.88 Å². The maximum atomic E-state index is 12.3. The highest BCUT2D eigenvalue weighted by Crippen LogP contribution is 2.40. The second-order valence-corrected chi connectivity index (χ2v) is 5.09. The number of para-hydroxylation sites is 1. The first-order chi connectivity index (χ1) is 8.66. The molecule has 1 saturated carbocycles. The van der Waals surface area contributed by atoms with Gasteiger partial charge in [-0.15, -0.1) is 0 Å². The number of benzene rings is 1. The topological polar surface area (TPSA) is 33.2 Å². The van der Waals surface area contributed by atoms with Gasteiger partial charge < -0.3 is 4.90 Å². The quantitative estimate of drug-likeness (QED) is 0.808. The first-order valence-electron chi connectivity index (χ1n) is 6.28. The van der Waals surface area contributed by atoms with E-state index in [0.29, 0.717) is 5.92 Å². The van der Waals surface area contributed by atoms with Crippen molar-refractivity contribution in [1.29, 1.82) is 0 Å². The van der Waals surface area contributed by atoms with E-state index >= 15 is 0 Å². The van der Waals surface area contributed by atoms with E-state index in [-0.39, 0.29) is 5.91 Å². The second kappa shape index (κ2) is 4.09. The standard InChI is InChI=1S/C15H16N2O/c1-17(2)15(18)12-9-14(10-7-8-10)16-13-6-4-3-5-11(12)13/h3-6,9-10H,7-8H2,1-2H3. The summed E-state index contributed by atoms with van der Waals surface area (Å²) in [5.41, 5.74) is 2.76. The molecule has 0 atom stereocenters. The smallest absolute Gasteiger partial charge is 0.254 e. The SMILES string of the molecule is CN(C)C(=O)c1cc(C2CC2)nc2ccccc12. The van der Waals surface area contributed by atoms with Crippen LogP contribution in [0.3, 0.4) is 0 Å². The highest BCUT2D eigenvalue weighted by atomic mass is 16.2. The van der Waals surface area contributed by atoms with Crippen LogP contribution in [0.4, 0.5) is 0 Å². The minimum Gasteiger partial charge on any atom is -0.345 e. The Labute approximate surface area is 106 Å². The van der Waals surface area contributed by atoms with E-state index in [1.807, 2.05) is 30.3 Å². The van der Waals surface area contributed by atoms with Crippen LogP contribution in [0, 0.1) is 0 Å². The summed E-state index contributed by atoms with van der Waals surface area (Å²) >= 11 is 0. The van der Waals surface area contributed by atoms with E-state index in [9.17, 15) is 4.79 Å². The highest BCUT2D eigenvalue weighted by Gasteiger charge is 2.27. The Morgan fingerprint density at radius 2 is 2.00 bits per heavy atom. The van der Waals surface area contributed by atoms with Crippen molar-refractivity contribution in [2.45, 2.75) is 18.8 Å². The molecule has 1 aliphatic rings. The molecule has 18 heavy (non-hydrogen) atoms. The fourth-order valence-electron chi connectivity index (χ4n) is 2.20.